The van der Waals surface area contributed by atoms with Gasteiger partial charge in [0.15, 0.2) is 0 Å². The van der Waals surface area contributed by atoms with Crippen LogP contribution in [-0.2, 0) is 25.2 Å². The van der Waals surface area contributed by atoms with Gasteiger partial charge in [-0.05, 0) is 29.7 Å². The van der Waals surface area contributed by atoms with E-state index in [9.17, 15) is 31.2 Å². The number of fused-ring (bicyclic) bond motifs is 1. The Labute approximate surface area is 185 Å². The fraction of sp³-hybridized carbons (Fsp3) is 0.238. The predicted molar refractivity (Wildman–Crippen MR) is 113 cm³/mol. The molecular weight excluding hydrogens is 465 g/mol. The first-order chi connectivity index (χ1) is 15.4. The molecule has 0 aliphatic carbocycles. The van der Waals surface area contributed by atoms with Gasteiger partial charge in [-0.15, -0.1) is 0 Å². The van der Waals surface area contributed by atoms with E-state index in [1.807, 2.05) is 0 Å². The molecule has 174 valence electrons. The Morgan fingerprint density at radius 1 is 1.15 bits per heavy atom. The third-order valence-corrected chi connectivity index (χ3v) is 5.57. The van der Waals surface area contributed by atoms with E-state index in [2.05, 4.69) is 9.17 Å². The summed E-state index contributed by atoms with van der Waals surface area (Å²) in [4.78, 5) is 28.6. The number of nitrogens with one attached hydrogen (secondary N) is 1. The normalized spacial score (nSPS) is 16.9. The van der Waals surface area contributed by atoms with Gasteiger partial charge in [0, 0.05) is 22.3 Å². The van der Waals surface area contributed by atoms with Gasteiger partial charge in [-0.2, -0.15) is 21.6 Å². The summed E-state index contributed by atoms with van der Waals surface area (Å²) in [6, 6.07) is 10.8. The van der Waals surface area contributed by atoms with Gasteiger partial charge in [0.25, 0.3) is 15.7 Å². The number of pyridine rings is 1. The lowest BCUT2D eigenvalue weighted by molar-refractivity contribution is -0.137. The van der Waals surface area contributed by atoms with Crippen LogP contribution in [0.1, 0.15) is 5.56 Å². The number of anilines is 1. The molecule has 0 radical (unpaired) electrons. The summed E-state index contributed by atoms with van der Waals surface area (Å²) >= 11 is 0. The van der Waals surface area contributed by atoms with Gasteiger partial charge in [0.05, 0.1) is 18.4 Å². The fourth-order valence-corrected chi connectivity index (χ4v) is 3.94. The molecule has 2 heterocycles. The number of benzene rings is 2. The van der Waals surface area contributed by atoms with Crippen LogP contribution in [0.2, 0.25) is 0 Å². The number of cyclic esters (lactones) is 1. The molecule has 2 aromatic carbocycles. The molecule has 0 bridgehead atoms. The first kappa shape index (κ1) is 22.8. The topological polar surface area (TPSA) is 106 Å². The Kier molecular flexibility index (Phi) is 5.66. The Bertz CT molecular complexity index is 1400. The largest absolute Gasteiger partial charge is 0.441 e. The van der Waals surface area contributed by atoms with Crippen molar-refractivity contribution in [2.75, 3.05) is 24.3 Å². The molecule has 1 N–H and O–H groups in total. The molecule has 0 saturated carbocycles. The number of aromatic nitrogens is 1. The molecule has 3 aromatic rings. The number of ether oxygens (including phenoxy) is 1. The number of hydrogen-bond donors (Lipinski definition) is 1. The second-order valence-electron chi connectivity index (χ2n) is 7.43. The number of aromatic amines is 1. The molecule has 8 nitrogen and oxygen atoms in total. The number of halogens is 3. The maximum Gasteiger partial charge on any atom is 0.417 e. The SMILES string of the molecule is CS(=O)(=O)OC[C@H]1CN(c2ccc3cc(-c4ccccc4C(F)(F)F)[nH]c(=O)c3c2)C(=O)O1. The second-order valence-corrected chi connectivity index (χ2v) is 9.08. The van der Waals surface area contributed by atoms with E-state index in [0.717, 1.165) is 12.3 Å². The van der Waals surface area contributed by atoms with Gasteiger partial charge < -0.3 is 9.72 Å². The smallest absolute Gasteiger partial charge is 0.417 e. The van der Waals surface area contributed by atoms with Crippen LogP contribution in [-0.4, -0.2) is 45.0 Å². The van der Waals surface area contributed by atoms with Gasteiger partial charge in [-0.3, -0.25) is 13.9 Å². The number of carbonyl (C=O) groups is 1. The minimum Gasteiger partial charge on any atom is -0.441 e. The molecule has 12 heteroatoms. The van der Waals surface area contributed by atoms with Crippen molar-refractivity contribution in [2.45, 2.75) is 12.3 Å². The molecule has 0 spiro atoms. The minimum atomic E-state index is -4.60. The number of nitrogens with zero attached hydrogens (tertiary/aromatic N) is 1. The van der Waals surface area contributed by atoms with Crippen LogP contribution in [0.5, 0.6) is 0 Å². The van der Waals surface area contributed by atoms with Crippen LogP contribution in [0.25, 0.3) is 22.0 Å². The standard InChI is InChI=1S/C21H17F3N2O6S/c1-33(29,30)31-11-14-10-26(20(28)32-14)13-7-6-12-8-18(25-19(27)16(12)9-13)15-4-2-3-5-17(15)21(22,23)24/h2-9,14H,10-11H2,1H3,(H,25,27)/t14-/m1/s1. The van der Waals surface area contributed by atoms with E-state index < -0.39 is 39.6 Å². The van der Waals surface area contributed by atoms with Crippen LogP contribution in [0.15, 0.2) is 53.3 Å². The van der Waals surface area contributed by atoms with Gasteiger partial charge in [0.2, 0.25) is 0 Å². The summed E-state index contributed by atoms with van der Waals surface area (Å²) < 4.78 is 72.2. The maximum absolute atomic E-state index is 13.4. The Morgan fingerprint density at radius 3 is 2.58 bits per heavy atom. The molecule has 4 rings (SSSR count). The van der Waals surface area contributed by atoms with Crippen LogP contribution in [0.3, 0.4) is 0 Å². The van der Waals surface area contributed by atoms with Crippen LogP contribution < -0.4 is 10.5 Å². The number of hydrogen-bond acceptors (Lipinski definition) is 6. The molecule has 0 unspecified atom stereocenters. The van der Waals surface area contributed by atoms with Crippen molar-refractivity contribution in [3.63, 3.8) is 0 Å². The van der Waals surface area contributed by atoms with E-state index >= 15 is 0 Å². The molecule has 1 amide bonds. The molecule has 1 atom stereocenters. The highest BCUT2D eigenvalue weighted by Gasteiger charge is 2.34. The summed E-state index contributed by atoms with van der Waals surface area (Å²) in [5.74, 6) is 0. The van der Waals surface area contributed by atoms with Crippen LogP contribution >= 0.6 is 0 Å². The van der Waals surface area contributed by atoms with Crippen molar-refractivity contribution in [2.24, 2.45) is 0 Å². The summed E-state index contributed by atoms with van der Waals surface area (Å²) in [5, 5.41) is 0.531. The minimum absolute atomic E-state index is 0.00515. The highest BCUT2D eigenvalue weighted by atomic mass is 32.2. The highest BCUT2D eigenvalue weighted by molar-refractivity contribution is 7.85. The van der Waals surface area contributed by atoms with Crippen molar-refractivity contribution in [3.8, 4) is 11.3 Å². The second kappa shape index (κ2) is 8.19. The highest BCUT2D eigenvalue weighted by Crippen LogP contribution is 2.36. The van der Waals surface area contributed by atoms with Crippen molar-refractivity contribution in [1.29, 1.82) is 0 Å². The van der Waals surface area contributed by atoms with Crippen LogP contribution in [0, 0.1) is 0 Å². The number of carbonyl (C=O) groups excluding carboxylic acids is 1. The van der Waals surface area contributed by atoms with E-state index in [-0.39, 0.29) is 29.8 Å². The Hall–Kier alpha value is -3.38. The first-order valence-electron chi connectivity index (χ1n) is 9.58. The maximum atomic E-state index is 13.4. The monoisotopic (exact) mass is 482 g/mol. The number of alkyl halides is 3. The zero-order chi connectivity index (χ0) is 24.0. The predicted octanol–water partition coefficient (Wildman–Crippen LogP) is 3.52. The lowest BCUT2D eigenvalue weighted by atomic mass is 10.0. The summed E-state index contributed by atoms with van der Waals surface area (Å²) in [5.41, 5.74) is -1.36. The van der Waals surface area contributed by atoms with E-state index in [1.165, 1.54) is 47.4 Å². The van der Waals surface area contributed by atoms with E-state index in [0.29, 0.717) is 11.1 Å². The average Bonchev–Trinajstić information content (AvgIpc) is 3.11. The van der Waals surface area contributed by atoms with Gasteiger partial charge in [-0.1, -0.05) is 24.3 Å². The third kappa shape index (κ3) is 4.86. The molecule has 1 aromatic heterocycles. The van der Waals surface area contributed by atoms with Gasteiger partial charge in [0.1, 0.15) is 12.7 Å². The van der Waals surface area contributed by atoms with E-state index in [4.69, 9.17) is 4.74 Å². The van der Waals surface area contributed by atoms with E-state index in [1.54, 1.807) is 0 Å². The van der Waals surface area contributed by atoms with Crippen molar-refractivity contribution >= 4 is 32.7 Å². The van der Waals surface area contributed by atoms with Crippen molar-refractivity contribution in [3.05, 3.63) is 64.4 Å². The van der Waals surface area contributed by atoms with Gasteiger partial charge >= 0.3 is 12.3 Å². The lowest BCUT2D eigenvalue weighted by Gasteiger charge is -2.15. The molecule has 1 aliphatic rings. The quantitative estimate of drug-likeness (QED) is 0.558. The first-order valence-corrected chi connectivity index (χ1v) is 11.4. The number of H-pyrrole nitrogens is 1. The summed E-state index contributed by atoms with van der Waals surface area (Å²) in [6.45, 7) is -0.355. The summed E-state index contributed by atoms with van der Waals surface area (Å²) in [7, 11) is -3.71. The number of amides is 1. The third-order valence-electron chi connectivity index (χ3n) is 5.01. The van der Waals surface area contributed by atoms with Crippen molar-refractivity contribution < 1.29 is 35.3 Å². The lowest BCUT2D eigenvalue weighted by Crippen LogP contribution is -2.26. The average molecular weight is 482 g/mol. The molecule has 1 aliphatic heterocycles. The number of rotatable bonds is 5. The molecule has 1 fully saturated rings. The Balaban J connectivity index is 1.67. The molecule has 33 heavy (non-hydrogen) atoms. The van der Waals surface area contributed by atoms with Crippen molar-refractivity contribution in [1.82, 2.24) is 4.98 Å². The molecule has 1 saturated heterocycles. The summed E-state index contributed by atoms with van der Waals surface area (Å²) in [6.07, 6.45) is -5.30. The van der Waals surface area contributed by atoms with Crippen LogP contribution in [0.4, 0.5) is 23.7 Å². The fourth-order valence-electron chi connectivity index (χ4n) is 3.54. The zero-order valence-electron chi connectivity index (χ0n) is 17.0. The Morgan fingerprint density at radius 2 is 1.88 bits per heavy atom. The zero-order valence-corrected chi connectivity index (χ0v) is 17.9. The van der Waals surface area contributed by atoms with Gasteiger partial charge in [-0.25, -0.2) is 4.79 Å². The molecular formula is C21H17F3N2O6S.